The van der Waals surface area contributed by atoms with Gasteiger partial charge in [0.1, 0.15) is 5.82 Å². The van der Waals surface area contributed by atoms with Crippen LogP contribution in [-0.4, -0.2) is 20.0 Å². The molecule has 0 saturated carbocycles. The molecule has 0 radical (unpaired) electrons. The van der Waals surface area contributed by atoms with E-state index in [2.05, 4.69) is 15.3 Å². The summed E-state index contributed by atoms with van der Waals surface area (Å²) in [5, 5.41) is 12.2. The van der Waals surface area contributed by atoms with Crippen molar-refractivity contribution >= 4 is 11.6 Å². The molecule has 19 heavy (non-hydrogen) atoms. The Balaban J connectivity index is 1.97. The molecule has 3 aromatic rings. The van der Waals surface area contributed by atoms with Crippen LogP contribution in [0.4, 0.5) is 4.39 Å². The second kappa shape index (κ2) is 4.78. The Morgan fingerprint density at radius 2 is 1.95 bits per heavy atom. The highest BCUT2D eigenvalue weighted by Gasteiger charge is 2.05. The van der Waals surface area contributed by atoms with Crippen LogP contribution in [0.1, 0.15) is 0 Å². The van der Waals surface area contributed by atoms with Gasteiger partial charge >= 0.3 is 0 Å². The van der Waals surface area contributed by atoms with E-state index in [4.69, 9.17) is 11.6 Å². The van der Waals surface area contributed by atoms with Crippen molar-refractivity contribution in [1.82, 2.24) is 20.0 Å². The minimum atomic E-state index is -0.281. The van der Waals surface area contributed by atoms with E-state index in [1.54, 1.807) is 35.3 Å². The zero-order chi connectivity index (χ0) is 13.2. The second-order valence-electron chi connectivity index (χ2n) is 3.90. The van der Waals surface area contributed by atoms with Gasteiger partial charge in [0.05, 0.1) is 6.20 Å². The van der Waals surface area contributed by atoms with Gasteiger partial charge in [-0.05, 0) is 29.8 Å². The van der Waals surface area contributed by atoms with Crippen LogP contribution < -0.4 is 0 Å². The fourth-order valence-corrected chi connectivity index (χ4v) is 1.80. The van der Waals surface area contributed by atoms with Gasteiger partial charge in [-0.15, -0.1) is 10.2 Å². The average Bonchev–Trinajstić information content (AvgIpc) is 2.89. The maximum Gasteiger partial charge on any atom is 0.175 e. The van der Waals surface area contributed by atoms with Crippen molar-refractivity contribution in [3.63, 3.8) is 0 Å². The second-order valence-corrected chi connectivity index (χ2v) is 4.29. The first-order chi connectivity index (χ1) is 9.22. The molecule has 0 spiro atoms. The Labute approximate surface area is 113 Å². The molecule has 2 aromatic heterocycles. The summed E-state index contributed by atoms with van der Waals surface area (Å²) in [7, 11) is 0. The summed E-state index contributed by atoms with van der Waals surface area (Å²) in [6, 6.07) is 9.67. The molecule has 4 nitrogen and oxygen atoms in total. The van der Waals surface area contributed by atoms with Gasteiger partial charge in [-0.1, -0.05) is 23.7 Å². The third-order valence-electron chi connectivity index (χ3n) is 2.59. The fourth-order valence-electron chi connectivity index (χ4n) is 1.70. The summed E-state index contributed by atoms with van der Waals surface area (Å²) in [5.41, 5.74) is 1.56. The van der Waals surface area contributed by atoms with Crippen LogP contribution in [0.2, 0.25) is 5.15 Å². The maximum atomic E-state index is 13.2. The van der Waals surface area contributed by atoms with E-state index < -0.39 is 0 Å². The molecule has 0 fully saturated rings. The first kappa shape index (κ1) is 11.8. The molecule has 0 aliphatic carbocycles. The highest BCUT2D eigenvalue weighted by molar-refractivity contribution is 6.29. The summed E-state index contributed by atoms with van der Waals surface area (Å²) in [5.74, 6) is 0.267. The van der Waals surface area contributed by atoms with Crippen LogP contribution in [0.15, 0.2) is 48.8 Å². The van der Waals surface area contributed by atoms with E-state index >= 15 is 0 Å². The third-order valence-corrected chi connectivity index (χ3v) is 2.79. The van der Waals surface area contributed by atoms with Crippen molar-refractivity contribution in [2.75, 3.05) is 0 Å². The highest BCUT2D eigenvalue weighted by atomic mass is 35.5. The SMILES string of the molecule is Fc1cccc(-c2cnn(-c3ccc(Cl)nn3)c2)c1. The predicted octanol–water partition coefficient (Wildman–Crippen LogP) is 3.12. The first-order valence-corrected chi connectivity index (χ1v) is 5.90. The minimum Gasteiger partial charge on any atom is -0.220 e. The van der Waals surface area contributed by atoms with Crippen LogP contribution in [0.5, 0.6) is 0 Å². The van der Waals surface area contributed by atoms with Crippen molar-refractivity contribution in [1.29, 1.82) is 0 Å². The van der Waals surface area contributed by atoms with E-state index in [0.29, 0.717) is 11.0 Å². The molecule has 0 N–H and O–H groups in total. The number of aromatic nitrogens is 4. The third kappa shape index (κ3) is 2.46. The van der Waals surface area contributed by atoms with Crippen LogP contribution in [0, 0.1) is 5.82 Å². The van der Waals surface area contributed by atoms with Gasteiger partial charge in [0.15, 0.2) is 11.0 Å². The van der Waals surface area contributed by atoms with E-state index in [0.717, 1.165) is 11.1 Å². The first-order valence-electron chi connectivity index (χ1n) is 5.52. The quantitative estimate of drug-likeness (QED) is 0.721. The van der Waals surface area contributed by atoms with Gasteiger partial charge < -0.3 is 0 Å². The van der Waals surface area contributed by atoms with Crippen molar-refractivity contribution in [2.24, 2.45) is 0 Å². The lowest BCUT2D eigenvalue weighted by Crippen LogP contribution is -1.98. The largest absolute Gasteiger partial charge is 0.220 e. The summed E-state index contributed by atoms with van der Waals surface area (Å²) in [6.07, 6.45) is 3.40. The molecule has 0 aliphatic rings. The van der Waals surface area contributed by atoms with Crippen LogP contribution in [0.3, 0.4) is 0 Å². The number of benzene rings is 1. The molecule has 0 atom stereocenters. The van der Waals surface area contributed by atoms with Crippen LogP contribution in [-0.2, 0) is 0 Å². The van der Waals surface area contributed by atoms with E-state index in [1.807, 2.05) is 6.07 Å². The lowest BCUT2D eigenvalue weighted by molar-refractivity contribution is 0.628. The van der Waals surface area contributed by atoms with Gasteiger partial charge in [0, 0.05) is 11.8 Å². The fraction of sp³-hybridized carbons (Fsp3) is 0. The molecule has 0 unspecified atom stereocenters. The molecule has 3 rings (SSSR count). The molecule has 94 valence electrons. The monoisotopic (exact) mass is 274 g/mol. The Morgan fingerprint density at radius 3 is 2.68 bits per heavy atom. The van der Waals surface area contributed by atoms with Crippen molar-refractivity contribution in [3.8, 4) is 16.9 Å². The van der Waals surface area contributed by atoms with Crippen molar-refractivity contribution in [2.45, 2.75) is 0 Å². The molecule has 0 aliphatic heterocycles. The topological polar surface area (TPSA) is 43.6 Å². The number of hydrogen-bond acceptors (Lipinski definition) is 3. The van der Waals surface area contributed by atoms with E-state index in [1.165, 1.54) is 12.1 Å². The van der Waals surface area contributed by atoms with Gasteiger partial charge in [-0.25, -0.2) is 9.07 Å². The zero-order valence-electron chi connectivity index (χ0n) is 9.66. The predicted molar refractivity (Wildman–Crippen MR) is 69.6 cm³/mol. The lowest BCUT2D eigenvalue weighted by Gasteiger charge is -1.98. The Hall–Kier alpha value is -2.27. The van der Waals surface area contributed by atoms with Crippen molar-refractivity contribution < 1.29 is 4.39 Å². The average molecular weight is 275 g/mol. The Bertz CT molecular complexity index is 709. The summed E-state index contributed by atoms with van der Waals surface area (Å²) < 4.78 is 14.7. The number of hydrogen-bond donors (Lipinski definition) is 0. The number of nitrogens with zero attached hydrogens (tertiary/aromatic N) is 4. The lowest BCUT2D eigenvalue weighted by atomic mass is 10.1. The Kier molecular flexibility index (Phi) is 2.97. The van der Waals surface area contributed by atoms with E-state index in [9.17, 15) is 4.39 Å². The summed E-state index contributed by atoms with van der Waals surface area (Å²) in [4.78, 5) is 0. The molecule has 0 bridgehead atoms. The van der Waals surface area contributed by atoms with Gasteiger partial charge in [0.25, 0.3) is 0 Å². The zero-order valence-corrected chi connectivity index (χ0v) is 10.4. The summed E-state index contributed by atoms with van der Waals surface area (Å²) in [6.45, 7) is 0. The summed E-state index contributed by atoms with van der Waals surface area (Å²) >= 11 is 5.67. The van der Waals surface area contributed by atoms with Gasteiger partial charge in [0.2, 0.25) is 0 Å². The standard InChI is InChI=1S/C13H8ClFN4/c14-12-4-5-13(18-17-12)19-8-10(7-16-19)9-2-1-3-11(15)6-9/h1-8H. The number of rotatable bonds is 2. The maximum absolute atomic E-state index is 13.2. The normalized spacial score (nSPS) is 10.6. The molecule has 1 aromatic carbocycles. The van der Waals surface area contributed by atoms with E-state index in [-0.39, 0.29) is 5.82 Å². The van der Waals surface area contributed by atoms with Gasteiger partial charge in [-0.2, -0.15) is 5.10 Å². The molecular weight excluding hydrogens is 267 g/mol. The smallest absolute Gasteiger partial charge is 0.175 e. The molecule has 6 heteroatoms. The number of halogens is 2. The minimum absolute atomic E-state index is 0.281. The van der Waals surface area contributed by atoms with Crippen molar-refractivity contribution in [3.05, 3.63) is 59.8 Å². The van der Waals surface area contributed by atoms with Crippen LogP contribution in [0.25, 0.3) is 16.9 Å². The van der Waals surface area contributed by atoms with Gasteiger partial charge in [-0.3, -0.25) is 0 Å². The molecule has 0 amide bonds. The Morgan fingerprint density at radius 1 is 1.05 bits per heavy atom. The molecular formula is C13H8ClFN4. The molecule has 0 saturated heterocycles. The molecule has 2 heterocycles. The highest BCUT2D eigenvalue weighted by Crippen LogP contribution is 2.20. The van der Waals surface area contributed by atoms with Crippen LogP contribution >= 0.6 is 11.6 Å².